The lowest BCUT2D eigenvalue weighted by Crippen LogP contribution is -2.39. The number of aromatic nitrogens is 3. The van der Waals surface area contributed by atoms with Crippen LogP contribution in [-0.2, 0) is 12.8 Å². The number of rotatable bonds is 2. The number of carbonyl (C=O) groups excluding carboxylic acids is 1. The van der Waals surface area contributed by atoms with Gasteiger partial charge in [-0.05, 0) is 36.8 Å². The van der Waals surface area contributed by atoms with Gasteiger partial charge in [0, 0.05) is 29.7 Å². The highest BCUT2D eigenvalue weighted by molar-refractivity contribution is 5.96. The van der Waals surface area contributed by atoms with E-state index in [1.165, 1.54) is 5.56 Å². The maximum Gasteiger partial charge on any atom is 0.270 e. The molecule has 0 saturated heterocycles. The summed E-state index contributed by atoms with van der Waals surface area (Å²) in [4.78, 5) is 16.8. The van der Waals surface area contributed by atoms with Crippen molar-refractivity contribution < 1.29 is 4.79 Å². The molecule has 3 aromatic rings. The second-order valence-corrected chi connectivity index (χ2v) is 6.10. The first kappa shape index (κ1) is 13.9. The van der Waals surface area contributed by atoms with E-state index in [-0.39, 0.29) is 11.9 Å². The average Bonchev–Trinajstić information content (AvgIpc) is 2.95. The molecule has 23 heavy (non-hydrogen) atoms. The van der Waals surface area contributed by atoms with Crippen LogP contribution < -0.4 is 5.32 Å². The lowest BCUT2D eigenvalue weighted by atomic mass is 9.92. The Labute approximate surface area is 134 Å². The van der Waals surface area contributed by atoms with Gasteiger partial charge >= 0.3 is 0 Å². The van der Waals surface area contributed by atoms with Crippen molar-refractivity contribution in [2.24, 2.45) is 0 Å². The van der Waals surface area contributed by atoms with Gasteiger partial charge in [-0.2, -0.15) is 5.10 Å². The van der Waals surface area contributed by atoms with Gasteiger partial charge in [-0.15, -0.1) is 0 Å². The molecule has 1 aliphatic carbocycles. The third kappa shape index (κ3) is 2.59. The third-order valence-electron chi connectivity index (χ3n) is 4.54. The molecular formula is C18H18N4O. The highest BCUT2D eigenvalue weighted by Crippen LogP contribution is 2.22. The minimum atomic E-state index is -0.114. The van der Waals surface area contributed by atoms with Gasteiger partial charge in [0.1, 0.15) is 5.69 Å². The molecule has 1 aliphatic rings. The minimum absolute atomic E-state index is 0.114. The smallest absolute Gasteiger partial charge is 0.270 e. The Bertz CT molecular complexity index is 884. The van der Waals surface area contributed by atoms with Crippen LogP contribution in [0.2, 0.25) is 0 Å². The Hall–Kier alpha value is -2.69. The van der Waals surface area contributed by atoms with Gasteiger partial charge in [0.05, 0.1) is 5.69 Å². The van der Waals surface area contributed by atoms with Crippen molar-refractivity contribution in [2.75, 3.05) is 0 Å². The van der Waals surface area contributed by atoms with Crippen LogP contribution in [0.1, 0.15) is 33.9 Å². The number of H-pyrrole nitrogens is 1. The van der Waals surface area contributed by atoms with E-state index in [0.717, 1.165) is 41.4 Å². The van der Waals surface area contributed by atoms with Gasteiger partial charge in [0.2, 0.25) is 0 Å². The molecule has 2 heterocycles. The summed E-state index contributed by atoms with van der Waals surface area (Å²) in [7, 11) is 0. The Morgan fingerprint density at radius 2 is 2.13 bits per heavy atom. The number of aromatic amines is 1. The van der Waals surface area contributed by atoms with E-state index in [0.29, 0.717) is 5.69 Å². The van der Waals surface area contributed by atoms with Gasteiger partial charge in [0.25, 0.3) is 5.91 Å². The van der Waals surface area contributed by atoms with Crippen LogP contribution in [0.4, 0.5) is 0 Å². The molecule has 0 bridgehead atoms. The first-order chi connectivity index (χ1) is 11.2. The summed E-state index contributed by atoms with van der Waals surface area (Å²) in [5, 5.41) is 12.5. The number of nitrogens with one attached hydrogen (secondary N) is 2. The molecule has 5 nitrogen and oxygen atoms in total. The van der Waals surface area contributed by atoms with Gasteiger partial charge in [-0.1, -0.05) is 24.3 Å². The largest absolute Gasteiger partial charge is 0.348 e. The number of amides is 1. The number of nitrogens with zero attached hydrogens (tertiary/aromatic N) is 2. The number of fused-ring (bicyclic) bond motifs is 2. The quantitative estimate of drug-likeness (QED) is 0.764. The molecule has 5 heteroatoms. The van der Waals surface area contributed by atoms with E-state index >= 15 is 0 Å². The van der Waals surface area contributed by atoms with Crippen LogP contribution in [-0.4, -0.2) is 27.1 Å². The second kappa shape index (κ2) is 5.50. The Balaban J connectivity index is 1.51. The summed E-state index contributed by atoms with van der Waals surface area (Å²) < 4.78 is 0. The summed E-state index contributed by atoms with van der Waals surface area (Å²) in [6, 6.07) is 9.88. The van der Waals surface area contributed by atoms with E-state index < -0.39 is 0 Å². The molecular weight excluding hydrogens is 288 g/mol. The van der Waals surface area contributed by atoms with Crippen molar-refractivity contribution in [3.8, 4) is 0 Å². The third-order valence-corrected chi connectivity index (χ3v) is 4.54. The Kier molecular flexibility index (Phi) is 3.33. The van der Waals surface area contributed by atoms with Crippen molar-refractivity contribution in [1.29, 1.82) is 0 Å². The molecule has 1 atom stereocenters. The summed E-state index contributed by atoms with van der Waals surface area (Å²) in [6.45, 7) is 2.05. The predicted molar refractivity (Wildman–Crippen MR) is 88.3 cm³/mol. The topological polar surface area (TPSA) is 70.7 Å². The zero-order valence-electron chi connectivity index (χ0n) is 13.0. The SMILES string of the molecule is Cc1[nH]nc2c1CCC(NC(=O)c1cc3ccccc3cn1)C2. The summed E-state index contributed by atoms with van der Waals surface area (Å²) in [5.41, 5.74) is 3.98. The Morgan fingerprint density at radius 3 is 3.00 bits per heavy atom. The first-order valence-electron chi connectivity index (χ1n) is 7.89. The fourth-order valence-corrected chi connectivity index (χ4v) is 3.25. The molecule has 1 aromatic carbocycles. The van der Waals surface area contributed by atoms with Crippen molar-refractivity contribution in [1.82, 2.24) is 20.5 Å². The van der Waals surface area contributed by atoms with Crippen LogP contribution in [0.3, 0.4) is 0 Å². The van der Waals surface area contributed by atoms with E-state index in [1.807, 2.05) is 37.3 Å². The number of hydrogen-bond acceptors (Lipinski definition) is 3. The molecule has 2 aromatic heterocycles. The van der Waals surface area contributed by atoms with Crippen LogP contribution in [0.5, 0.6) is 0 Å². The number of hydrogen-bond donors (Lipinski definition) is 2. The monoisotopic (exact) mass is 306 g/mol. The minimum Gasteiger partial charge on any atom is -0.348 e. The summed E-state index contributed by atoms with van der Waals surface area (Å²) in [5.74, 6) is -0.114. The standard InChI is InChI=1S/C18H18N4O/c1-11-15-7-6-14(9-16(15)22-21-11)20-18(23)17-8-12-4-2-3-5-13(12)10-19-17/h2-5,8,10,14H,6-7,9H2,1H3,(H,20,23)(H,21,22). The van der Waals surface area contributed by atoms with E-state index in [2.05, 4.69) is 20.5 Å². The highest BCUT2D eigenvalue weighted by Gasteiger charge is 2.24. The Morgan fingerprint density at radius 1 is 1.30 bits per heavy atom. The molecule has 4 rings (SSSR count). The molecule has 0 spiro atoms. The van der Waals surface area contributed by atoms with Gasteiger partial charge in [0.15, 0.2) is 0 Å². The van der Waals surface area contributed by atoms with E-state index in [9.17, 15) is 4.79 Å². The highest BCUT2D eigenvalue weighted by atomic mass is 16.1. The van der Waals surface area contributed by atoms with Crippen molar-refractivity contribution in [3.05, 3.63) is 59.2 Å². The lowest BCUT2D eigenvalue weighted by Gasteiger charge is -2.22. The normalized spacial score (nSPS) is 17.0. The molecule has 0 aliphatic heterocycles. The van der Waals surface area contributed by atoms with Crippen molar-refractivity contribution in [3.63, 3.8) is 0 Å². The predicted octanol–water partition coefficient (Wildman–Crippen LogP) is 2.55. The molecule has 2 N–H and O–H groups in total. The van der Waals surface area contributed by atoms with Crippen molar-refractivity contribution in [2.45, 2.75) is 32.2 Å². The van der Waals surface area contributed by atoms with E-state index in [4.69, 9.17) is 0 Å². The van der Waals surface area contributed by atoms with Gasteiger partial charge in [-0.3, -0.25) is 14.9 Å². The zero-order chi connectivity index (χ0) is 15.8. The number of carbonyl (C=O) groups is 1. The number of benzene rings is 1. The second-order valence-electron chi connectivity index (χ2n) is 6.10. The molecule has 0 saturated carbocycles. The lowest BCUT2D eigenvalue weighted by molar-refractivity contribution is 0.0928. The summed E-state index contributed by atoms with van der Waals surface area (Å²) in [6.07, 6.45) is 4.42. The van der Waals surface area contributed by atoms with Gasteiger partial charge < -0.3 is 5.32 Å². The number of pyridine rings is 1. The number of aryl methyl sites for hydroxylation is 1. The van der Waals surface area contributed by atoms with Crippen molar-refractivity contribution >= 4 is 16.7 Å². The van der Waals surface area contributed by atoms with E-state index in [1.54, 1.807) is 6.20 Å². The summed E-state index contributed by atoms with van der Waals surface area (Å²) >= 11 is 0. The maximum atomic E-state index is 12.5. The van der Waals surface area contributed by atoms with Gasteiger partial charge in [-0.25, -0.2) is 0 Å². The molecule has 116 valence electrons. The first-order valence-corrected chi connectivity index (χ1v) is 7.89. The molecule has 0 fully saturated rings. The van der Waals surface area contributed by atoms with Crippen LogP contribution in [0.15, 0.2) is 36.5 Å². The maximum absolute atomic E-state index is 12.5. The average molecular weight is 306 g/mol. The fourth-order valence-electron chi connectivity index (χ4n) is 3.25. The van der Waals surface area contributed by atoms with Crippen LogP contribution >= 0.6 is 0 Å². The van der Waals surface area contributed by atoms with Crippen LogP contribution in [0, 0.1) is 6.92 Å². The van der Waals surface area contributed by atoms with Crippen LogP contribution in [0.25, 0.3) is 10.8 Å². The molecule has 1 amide bonds. The molecule has 0 radical (unpaired) electrons. The fraction of sp³-hybridized carbons (Fsp3) is 0.278. The molecule has 1 unspecified atom stereocenters. The zero-order valence-corrected chi connectivity index (χ0v) is 13.0.